The van der Waals surface area contributed by atoms with Crippen LogP contribution in [0.1, 0.15) is 15.9 Å². The first kappa shape index (κ1) is 12.8. The molecule has 2 rings (SSSR count). The Morgan fingerprint density at radius 1 is 1.47 bits per heavy atom. The summed E-state index contributed by atoms with van der Waals surface area (Å²) in [5.41, 5.74) is 0.320. The molecule has 0 saturated heterocycles. The molecule has 0 radical (unpaired) electrons. The number of ketones is 1. The van der Waals surface area contributed by atoms with Crippen molar-refractivity contribution in [2.75, 3.05) is 6.61 Å². The van der Waals surface area contributed by atoms with Crippen LogP contribution in [0.25, 0.3) is 0 Å². The first-order valence-electron chi connectivity index (χ1n) is 5.58. The number of Topliss-reactive ketones (excluding diaryl/α,β-unsaturated/α-hetero) is 1. The zero-order valence-corrected chi connectivity index (χ0v) is 10.3. The van der Waals surface area contributed by atoms with Gasteiger partial charge in [-0.3, -0.25) is 4.79 Å². The van der Waals surface area contributed by atoms with E-state index in [1.807, 2.05) is 0 Å². The minimum Gasteiger partial charge on any atom is -0.484 e. The number of hydrogen-bond donors (Lipinski definition) is 0. The standard InChI is InChI=1S/C14H11FN2O2/c1-17-6-5-10(8-17)13(18)9-19-14-4-2-3-12(15)11(14)7-16/h2-6,8H,9H2,1H3. The van der Waals surface area contributed by atoms with E-state index in [4.69, 9.17) is 10.00 Å². The van der Waals surface area contributed by atoms with Crippen molar-refractivity contribution in [2.45, 2.75) is 0 Å². The summed E-state index contributed by atoms with van der Waals surface area (Å²) in [5, 5.41) is 8.83. The second-order valence-electron chi connectivity index (χ2n) is 4.00. The topological polar surface area (TPSA) is 55.0 Å². The quantitative estimate of drug-likeness (QED) is 0.791. The van der Waals surface area contributed by atoms with Crippen molar-refractivity contribution in [2.24, 2.45) is 7.05 Å². The lowest BCUT2D eigenvalue weighted by atomic mass is 10.2. The molecule has 0 aliphatic rings. The third kappa shape index (κ3) is 2.80. The Morgan fingerprint density at radius 2 is 2.26 bits per heavy atom. The van der Waals surface area contributed by atoms with Gasteiger partial charge >= 0.3 is 0 Å². The number of benzene rings is 1. The molecule has 2 aromatic rings. The average Bonchev–Trinajstić information content (AvgIpc) is 2.83. The largest absolute Gasteiger partial charge is 0.484 e. The second-order valence-corrected chi connectivity index (χ2v) is 4.00. The van der Waals surface area contributed by atoms with Crippen LogP contribution in [0, 0.1) is 17.1 Å². The molecule has 0 saturated carbocycles. The number of ether oxygens (including phenoxy) is 1. The number of halogens is 1. The van der Waals surface area contributed by atoms with Gasteiger partial charge in [0.05, 0.1) is 0 Å². The molecule has 1 heterocycles. The van der Waals surface area contributed by atoms with E-state index in [1.165, 1.54) is 18.2 Å². The van der Waals surface area contributed by atoms with Crippen LogP contribution in [0.15, 0.2) is 36.7 Å². The number of nitriles is 1. The zero-order chi connectivity index (χ0) is 13.8. The molecule has 0 aliphatic heterocycles. The van der Waals surface area contributed by atoms with Crippen LogP contribution in [-0.4, -0.2) is 17.0 Å². The maximum atomic E-state index is 13.3. The third-order valence-corrected chi connectivity index (χ3v) is 2.60. The van der Waals surface area contributed by atoms with Crippen LogP contribution in [-0.2, 0) is 7.05 Å². The number of carbonyl (C=O) groups excluding carboxylic acids is 1. The molecule has 0 amide bonds. The summed E-state index contributed by atoms with van der Waals surface area (Å²) in [6.07, 6.45) is 3.42. The number of hydrogen-bond acceptors (Lipinski definition) is 3. The van der Waals surface area contributed by atoms with Crippen molar-refractivity contribution in [1.82, 2.24) is 4.57 Å². The maximum absolute atomic E-state index is 13.3. The van der Waals surface area contributed by atoms with Gasteiger partial charge in [-0.1, -0.05) is 6.07 Å². The lowest BCUT2D eigenvalue weighted by molar-refractivity contribution is 0.0921. The highest BCUT2D eigenvalue weighted by Gasteiger charge is 2.12. The van der Waals surface area contributed by atoms with Crippen LogP contribution >= 0.6 is 0 Å². The number of rotatable bonds is 4. The van der Waals surface area contributed by atoms with E-state index in [2.05, 4.69) is 0 Å². The van der Waals surface area contributed by atoms with E-state index in [-0.39, 0.29) is 23.7 Å². The van der Waals surface area contributed by atoms with Gasteiger partial charge < -0.3 is 9.30 Å². The Kier molecular flexibility index (Phi) is 3.62. The summed E-state index contributed by atoms with van der Waals surface area (Å²) in [5.74, 6) is -0.812. The lowest BCUT2D eigenvalue weighted by Crippen LogP contribution is -2.11. The van der Waals surface area contributed by atoms with Gasteiger partial charge in [0.15, 0.2) is 6.61 Å². The molecule has 0 N–H and O–H groups in total. The van der Waals surface area contributed by atoms with Crippen molar-refractivity contribution in [3.05, 3.63) is 53.6 Å². The fraction of sp³-hybridized carbons (Fsp3) is 0.143. The van der Waals surface area contributed by atoms with Crippen molar-refractivity contribution < 1.29 is 13.9 Å². The highest BCUT2D eigenvalue weighted by Crippen LogP contribution is 2.20. The van der Waals surface area contributed by atoms with E-state index < -0.39 is 5.82 Å². The fourth-order valence-electron chi connectivity index (χ4n) is 1.63. The molecule has 0 unspecified atom stereocenters. The highest BCUT2D eigenvalue weighted by molar-refractivity contribution is 5.97. The molecule has 19 heavy (non-hydrogen) atoms. The van der Waals surface area contributed by atoms with Crippen LogP contribution < -0.4 is 4.74 Å². The monoisotopic (exact) mass is 258 g/mol. The number of aryl methyl sites for hydroxylation is 1. The molecular weight excluding hydrogens is 247 g/mol. The minimum absolute atomic E-state index is 0.0757. The molecular formula is C14H11FN2O2. The number of aromatic nitrogens is 1. The molecule has 0 bridgehead atoms. The molecule has 0 spiro atoms. The maximum Gasteiger partial charge on any atom is 0.201 e. The fourth-order valence-corrected chi connectivity index (χ4v) is 1.63. The SMILES string of the molecule is Cn1ccc(C(=O)COc2cccc(F)c2C#N)c1. The summed E-state index contributed by atoms with van der Waals surface area (Å²) in [6.45, 7) is -0.234. The Labute approximate surface area is 109 Å². The van der Waals surface area contributed by atoms with Gasteiger partial charge in [0.2, 0.25) is 5.78 Å². The van der Waals surface area contributed by atoms with Gasteiger partial charge in [0.1, 0.15) is 23.2 Å². The Bertz CT molecular complexity index is 656. The van der Waals surface area contributed by atoms with Gasteiger partial charge in [-0.2, -0.15) is 5.26 Å². The van der Waals surface area contributed by atoms with Crippen LogP contribution in [0.4, 0.5) is 4.39 Å². The van der Waals surface area contributed by atoms with Crippen molar-refractivity contribution >= 4 is 5.78 Å². The van der Waals surface area contributed by atoms with Gasteiger partial charge in [0, 0.05) is 25.0 Å². The van der Waals surface area contributed by atoms with E-state index >= 15 is 0 Å². The van der Waals surface area contributed by atoms with E-state index in [0.717, 1.165) is 0 Å². The van der Waals surface area contributed by atoms with Gasteiger partial charge in [0.25, 0.3) is 0 Å². The normalized spacial score (nSPS) is 9.95. The zero-order valence-electron chi connectivity index (χ0n) is 10.3. The van der Waals surface area contributed by atoms with Gasteiger partial charge in [-0.05, 0) is 18.2 Å². The summed E-state index contributed by atoms with van der Waals surface area (Å²) in [6, 6.07) is 7.44. The third-order valence-electron chi connectivity index (χ3n) is 2.60. The summed E-state index contributed by atoms with van der Waals surface area (Å²) in [7, 11) is 1.80. The predicted octanol–water partition coefficient (Wildman–Crippen LogP) is 2.30. The highest BCUT2D eigenvalue weighted by atomic mass is 19.1. The van der Waals surface area contributed by atoms with Crippen molar-refractivity contribution in [3.8, 4) is 11.8 Å². The predicted molar refractivity (Wildman–Crippen MR) is 66.4 cm³/mol. The second kappa shape index (κ2) is 5.36. The van der Waals surface area contributed by atoms with Gasteiger partial charge in [-0.15, -0.1) is 0 Å². The molecule has 1 aromatic carbocycles. The van der Waals surface area contributed by atoms with E-state index in [0.29, 0.717) is 5.56 Å². The summed E-state index contributed by atoms with van der Waals surface area (Å²) in [4.78, 5) is 11.8. The van der Waals surface area contributed by atoms with Gasteiger partial charge in [-0.25, -0.2) is 4.39 Å². The molecule has 96 valence electrons. The van der Waals surface area contributed by atoms with Crippen LogP contribution in [0.2, 0.25) is 0 Å². The number of nitrogens with zero attached hydrogens (tertiary/aromatic N) is 2. The molecule has 0 aliphatic carbocycles. The smallest absolute Gasteiger partial charge is 0.201 e. The molecule has 0 atom stereocenters. The molecule has 1 aromatic heterocycles. The molecule has 4 nitrogen and oxygen atoms in total. The average molecular weight is 258 g/mol. The minimum atomic E-state index is -0.660. The first-order valence-corrected chi connectivity index (χ1v) is 5.58. The van der Waals surface area contributed by atoms with E-state index in [9.17, 15) is 9.18 Å². The van der Waals surface area contributed by atoms with Crippen LogP contribution in [0.3, 0.4) is 0 Å². The lowest BCUT2D eigenvalue weighted by Gasteiger charge is -2.06. The molecule has 0 fully saturated rings. The summed E-state index contributed by atoms with van der Waals surface area (Å²) >= 11 is 0. The van der Waals surface area contributed by atoms with E-state index in [1.54, 1.807) is 36.1 Å². The van der Waals surface area contributed by atoms with Crippen molar-refractivity contribution in [3.63, 3.8) is 0 Å². The summed E-state index contributed by atoms with van der Waals surface area (Å²) < 4.78 is 20.3. The van der Waals surface area contributed by atoms with Crippen molar-refractivity contribution in [1.29, 1.82) is 5.26 Å². The number of carbonyl (C=O) groups is 1. The Hall–Kier alpha value is -2.61. The Morgan fingerprint density at radius 3 is 2.89 bits per heavy atom. The first-order chi connectivity index (χ1) is 9.11. The molecule has 5 heteroatoms. The van der Waals surface area contributed by atoms with Crippen LogP contribution in [0.5, 0.6) is 5.75 Å². The Balaban J connectivity index is 2.10.